The van der Waals surface area contributed by atoms with Gasteiger partial charge >= 0.3 is 0 Å². The Bertz CT molecular complexity index is 939. The number of allylic oxidation sites excluding steroid dienone is 2. The van der Waals surface area contributed by atoms with E-state index in [9.17, 15) is 19.2 Å². The lowest BCUT2D eigenvalue weighted by Crippen LogP contribution is -2.20. The highest BCUT2D eigenvalue weighted by molar-refractivity contribution is 6.22. The number of benzene rings is 2. The molecule has 4 amide bonds. The SMILES string of the molecule is O=C1NC(=O)c2c(CC=CCc3cccc4c3C(=O)NC4=O)cccc21. The number of imide groups is 2. The highest BCUT2D eigenvalue weighted by Crippen LogP contribution is 2.22. The van der Waals surface area contributed by atoms with E-state index in [-0.39, 0.29) is 23.6 Å². The van der Waals surface area contributed by atoms with E-state index in [1.165, 1.54) is 0 Å². The fraction of sp³-hybridized carbons (Fsp3) is 0.100. The molecule has 26 heavy (non-hydrogen) atoms. The first-order valence-corrected chi connectivity index (χ1v) is 8.16. The topological polar surface area (TPSA) is 92.3 Å². The fourth-order valence-electron chi connectivity index (χ4n) is 3.34. The van der Waals surface area contributed by atoms with Crippen LogP contribution >= 0.6 is 0 Å². The quantitative estimate of drug-likeness (QED) is 0.652. The molecule has 0 saturated heterocycles. The number of carbonyl (C=O) groups excluding carboxylic acids is 4. The first kappa shape index (κ1) is 16.0. The average molecular weight is 346 g/mol. The number of rotatable bonds is 4. The first-order chi connectivity index (χ1) is 12.6. The molecule has 0 saturated carbocycles. The summed E-state index contributed by atoms with van der Waals surface area (Å²) in [6.07, 6.45) is 4.76. The van der Waals surface area contributed by atoms with Gasteiger partial charge in [-0.15, -0.1) is 0 Å². The van der Waals surface area contributed by atoms with Gasteiger partial charge in [0.15, 0.2) is 0 Å². The number of hydrogen-bond donors (Lipinski definition) is 2. The highest BCUT2D eigenvalue weighted by Gasteiger charge is 2.29. The van der Waals surface area contributed by atoms with Crippen LogP contribution in [0.4, 0.5) is 0 Å². The lowest BCUT2D eigenvalue weighted by Gasteiger charge is -2.04. The first-order valence-electron chi connectivity index (χ1n) is 8.16. The lowest BCUT2D eigenvalue weighted by molar-refractivity contribution is 0.0863. The van der Waals surface area contributed by atoms with Crippen LogP contribution in [0.5, 0.6) is 0 Å². The van der Waals surface area contributed by atoms with Crippen LogP contribution in [-0.2, 0) is 12.8 Å². The number of amides is 4. The molecule has 6 heteroatoms. The van der Waals surface area contributed by atoms with E-state index in [2.05, 4.69) is 10.6 Å². The second-order valence-corrected chi connectivity index (χ2v) is 6.13. The summed E-state index contributed by atoms with van der Waals surface area (Å²) in [7, 11) is 0. The largest absolute Gasteiger partial charge is 0.288 e. The van der Waals surface area contributed by atoms with Gasteiger partial charge in [0.1, 0.15) is 0 Å². The Morgan fingerprint density at radius 1 is 0.615 bits per heavy atom. The van der Waals surface area contributed by atoms with Crippen LogP contribution in [0.1, 0.15) is 52.6 Å². The van der Waals surface area contributed by atoms with Crippen molar-refractivity contribution in [3.63, 3.8) is 0 Å². The zero-order valence-electron chi connectivity index (χ0n) is 13.7. The molecular weight excluding hydrogens is 332 g/mol. The number of carbonyl (C=O) groups is 4. The maximum Gasteiger partial charge on any atom is 0.259 e. The van der Waals surface area contributed by atoms with E-state index < -0.39 is 0 Å². The molecule has 0 fully saturated rings. The summed E-state index contributed by atoms with van der Waals surface area (Å²) in [5.74, 6) is -1.48. The van der Waals surface area contributed by atoms with Crippen molar-refractivity contribution in [1.82, 2.24) is 10.6 Å². The second kappa shape index (κ2) is 6.07. The Morgan fingerprint density at radius 2 is 1.04 bits per heavy atom. The lowest BCUT2D eigenvalue weighted by atomic mass is 9.98. The minimum atomic E-state index is -0.370. The summed E-state index contributed by atoms with van der Waals surface area (Å²) in [6, 6.07) is 10.4. The summed E-state index contributed by atoms with van der Waals surface area (Å²) in [4.78, 5) is 47.2. The molecule has 4 rings (SSSR count). The number of hydrogen-bond acceptors (Lipinski definition) is 4. The average Bonchev–Trinajstić information content (AvgIpc) is 3.09. The molecule has 0 aliphatic carbocycles. The number of nitrogens with one attached hydrogen (secondary N) is 2. The van der Waals surface area contributed by atoms with E-state index in [1.807, 2.05) is 24.3 Å². The molecule has 2 aromatic carbocycles. The number of fused-ring (bicyclic) bond motifs is 2. The van der Waals surface area contributed by atoms with E-state index in [0.29, 0.717) is 35.1 Å². The summed E-state index contributed by atoms with van der Waals surface area (Å²) in [6.45, 7) is 0. The third-order valence-electron chi connectivity index (χ3n) is 4.54. The van der Waals surface area contributed by atoms with Crippen molar-refractivity contribution in [1.29, 1.82) is 0 Å². The van der Waals surface area contributed by atoms with Crippen molar-refractivity contribution < 1.29 is 19.2 Å². The maximum atomic E-state index is 11.9. The monoisotopic (exact) mass is 346 g/mol. The third-order valence-corrected chi connectivity index (χ3v) is 4.54. The molecule has 2 heterocycles. The minimum absolute atomic E-state index is 0.369. The van der Waals surface area contributed by atoms with Crippen molar-refractivity contribution in [3.05, 3.63) is 81.9 Å². The van der Waals surface area contributed by atoms with Crippen LogP contribution in [0.15, 0.2) is 48.6 Å². The molecule has 0 bridgehead atoms. The van der Waals surface area contributed by atoms with Crippen molar-refractivity contribution >= 4 is 23.6 Å². The van der Waals surface area contributed by atoms with Gasteiger partial charge in [-0.05, 0) is 36.1 Å². The van der Waals surface area contributed by atoms with E-state index >= 15 is 0 Å². The van der Waals surface area contributed by atoms with Gasteiger partial charge in [0.25, 0.3) is 23.6 Å². The molecule has 0 atom stereocenters. The van der Waals surface area contributed by atoms with Gasteiger partial charge in [0.2, 0.25) is 0 Å². The van der Waals surface area contributed by atoms with E-state index in [4.69, 9.17) is 0 Å². The Hall–Kier alpha value is -3.54. The fourth-order valence-corrected chi connectivity index (χ4v) is 3.34. The van der Waals surface area contributed by atoms with Crippen molar-refractivity contribution in [2.24, 2.45) is 0 Å². The summed E-state index contributed by atoms with van der Waals surface area (Å²) >= 11 is 0. The van der Waals surface area contributed by atoms with Gasteiger partial charge in [0, 0.05) is 0 Å². The zero-order valence-corrected chi connectivity index (χ0v) is 13.7. The van der Waals surface area contributed by atoms with Gasteiger partial charge < -0.3 is 0 Å². The van der Waals surface area contributed by atoms with E-state index in [1.54, 1.807) is 24.3 Å². The molecular formula is C20H14N2O4. The van der Waals surface area contributed by atoms with Gasteiger partial charge in [0.05, 0.1) is 22.3 Å². The van der Waals surface area contributed by atoms with Crippen LogP contribution in [0.2, 0.25) is 0 Å². The van der Waals surface area contributed by atoms with Crippen LogP contribution in [0, 0.1) is 0 Å². The molecule has 2 aliphatic rings. The predicted molar refractivity (Wildman–Crippen MR) is 93.0 cm³/mol. The Balaban J connectivity index is 1.53. The van der Waals surface area contributed by atoms with Crippen LogP contribution in [0.3, 0.4) is 0 Å². The maximum absolute atomic E-state index is 11.9. The summed E-state index contributed by atoms with van der Waals surface area (Å²) in [5.41, 5.74) is 3.19. The van der Waals surface area contributed by atoms with Crippen LogP contribution in [-0.4, -0.2) is 23.6 Å². The van der Waals surface area contributed by atoms with Gasteiger partial charge in [-0.1, -0.05) is 36.4 Å². The Labute approximate surface area is 148 Å². The minimum Gasteiger partial charge on any atom is -0.288 e. The van der Waals surface area contributed by atoms with Gasteiger partial charge in [-0.3, -0.25) is 29.8 Å². The molecule has 2 aliphatic heterocycles. The highest BCUT2D eigenvalue weighted by atomic mass is 16.2. The third kappa shape index (κ3) is 2.52. The van der Waals surface area contributed by atoms with E-state index in [0.717, 1.165) is 11.1 Å². The molecule has 2 N–H and O–H groups in total. The normalized spacial score (nSPS) is 15.2. The smallest absolute Gasteiger partial charge is 0.259 e. The van der Waals surface area contributed by atoms with Crippen molar-refractivity contribution in [2.45, 2.75) is 12.8 Å². The van der Waals surface area contributed by atoms with Crippen molar-refractivity contribution in [2.75, 3.05) is 0 Å². The van der Waals surface area contributed by atoms with Crippen LogP contribution < -0.4 is 10.6 Å². The summed E-state index contributed by atoms with van der Waals surface area (Å²) in [5, 5.41) is 4.60. The standard InChI is InChI=1S/C20H14N2O4/c23-17-13-9-3-7-11(15(13)19(25)21-17)5-1-2-6-12-8-4-10-14-16(12)20(26)22-18(14)24/h1-4,7-10H,5-6H2,(H,21,23,25)(H,22,24,26). The second-order valence-electron chi connectivity index (χ2n) is 6.13. The molecule has 6 nitrogen and oxygen atoms in total. The molecule has 0 aromatic heterocycles. The van der Waals surface area contributed by atoms with Crippen LogP contribution in [0.25, 0.3) is 0 Å². The zero-order chi connectivity index (χ0) is 18.3. The molecule has 0 spiro atoms. The molecule has 0 radical (unpaired) electrons. The van der Waals surface area contributed by atoms with Gasteiger partial charge in [-0.25, -0.2) is 0 Å². The Kier molecular flexibility index (Phi) is 3.73. The Morgan fingerprint density at radius 3 is 1.46 bits per heavy atom. The molecule has 128 valence electrons. The predicted octanol–water partition coefficient (Wildman–Crippen LogP) is 1.80. The van der Waals surface area contributed by atoms with Crippen molar-refractivity contribution in [3.8, 4) is 0 Å². The molecule has 2 aromatic rings. The molecule has 0 unspecified atom stereocenters. The summed E-state index contributed by atoms with van der Waals surface area (Å²) < 4.78 is 0. The van der Waals surface area contributed by atoms with Gasteiger partial charge in [-0.2, -0.15) is 0 Å².